The van der Waals surface area contributed by atoms with Crippen molar-refractivity contribution in [3.63, 3.8) is 0 Å². The SMILES string of the molecule is CC(C(=O)NC(C)(C)CC(C)(C)C)C(N)=S. The first-order valence-electron chi connectivity index (χ1n) is 5.56. The predicted molar refractivity (Wildman–Crippen MR) is 72.2 cm³/mol. The highest BCUT2D eigenvalue weighted by Gasteiger charge is 2.29. The lowest BCUT2D eigenvalue weighted by molar-refractivity contribution is -0.124. The monoisotopic (exact) mass is 244 g/mol. The Morgan fingerprint density at radius 3 is 2.06 bits per heavy atom. The van der Waals surface area contributed by atoms with Gasteiger partial charge in [0.2, 0.25) is 5.91 Å². The van der Waals surface area contributed by atoms with Crippen LogP contribution in [0.25, 0.3) is 0 Å². The maximum absolute atomic E-state index is 11.8. The summed E-state index contributed by atoms with van der Waals surface area (Å²) >= 11 is 4.81. The van der Waals surface area contributed by atoms with E-state index in [4.69, 9.17) is 18.0 Å². The van der Waals surface area contributed by atoms with Crippen molar-refractivity contribution in [3.8, 4) is 0 Å². The third-order valence-electron chi connectivity index (χ3n) is 2.25. The number of carbonyl (C=O) groups excluding carboxylic acids is 1. The molecule has 3 N–H and O–H groups in total. The third kappa shape index (κ3) is 6.05. The van der Waals surface area contributed by atoms with Crippen molar-refractivity contribution in [2.75, 3.05) is 0 Å². The Kier molecular flexibility index (Phi) is 4.92. The molecule has 0 fully saturated rings. The Bertz CT molecular complexity index is 279. The van der Waals surface area contributed by atoms with Gasteiger partial charge in [-0.2, -0.15) is 0 Å². The molecule has 0 aliphatic rings. The molecule has 0 aliphatic heterocycles. The maximum atomic E-state index is 11.8. The van der Waals surface area contributed by atoms with Gasteiger partial charge in [-0.05, 0) is 32.6 Å². The highest BCUT2D eigenvalue weighted by atomic mass is 32.1. The van der Waals surface area contributed by atoms with Crippen molar-refractivity contribution >= 4 is 23.1 Å². The highest BCUT2D eigenvalue weighted by molar-refractivity contribution is 7.80. The van der Waals surface area contributed by atoms with Gasteiger partial charge in [0.05, 0.1) is 10.9 Å². The lowest BCUT2D eigenvalue weighted by Gasteiger charge is -2.34. The predicted octanol–water partition coefficient (Wildman–Crippen LogP) is 2.24. The molecule has 3 nitrogen and oxygen atoms in total. The summed E-state index contributed by atoms with van der Waals surface area (Å²) < 4.78 is 0. The molecule has 0 heterocycles. The topological polar surface area (TPSA) is 55.1 Å². The van der Waals surface area contributed by atoms with E-state index in [1.165, 1.54) is 0 Å². The summed E-state index contributed by atoms with van der Waals surface area (Å²) in [6, 6.07) is 0. The Morgan fingerprint density at radius 1 is 1.31 bits per heavy atom. The van der Waals surface area contributed by atoms with E-state index in [1.807, 2.05) is 13.8 Å². The number of nitrogens with one attached hydrogen (secondary N) is 1. The Morgan fingerprint density at radius 2 is 1.75 bits per heavy atom. The summed E-state index contributed by atoms with van der Waals surface area (Å²) in [5, 5.41) is 2.99. The van der Waals surface area contributed by atoms with E-state index in [-0.39, 0.29) is 21.8 Å². The van der Waals surface area contributed by atoms with E-state index in [1.54, 1.807) is 6.92 Å². The molecule has 1 atom stereocenters. The van der Waals surface area contributed by atoms with Gasteiger partial charge in [-0.1, -0.05) is 33.0 Å². The van der Waals surface area contributed by atoms with E-state index < -0.39 is 5.92 Å². The van der Waals surface area contributed by atoms with E-state index in [0.717, 1.165) is 6.42 Å². The molecular weight excluding hydrogens is 220 g/mol. The first-order valence-corrected chi connectivity index (χ1v) is 5.97. The van der Waals surface area contributed by atoms with E-state index in [9.17, 15) is 4.79 Å². The molecule has 0 aliphatic carbocycles. The molecule has 0 aromatic carbocycles. The maximum Gasteiger partial charge on any atom is 0.230 e. The quantitative estimate of drug-likeness (QED) is 0.746. The van der Waals surface area contributed by atoms with Gasteiger partial charge in [-0.25, -0.2) is 0 Å². The van der Waals surface area contributed by atoms with Crippen LogP contribution in [0.15, 0.2) is 0 Å². The number of carbonyl (C=O) groups is 1. The van der Waals surface area contributed by atoms with Gasteiger partial charge in [-0.3, -0.25) is 4.79 Å². The highest BCUT2D eigenvalue weighted by Crippen LogP contribution is 2.26. The van der Waals surface area contributed by atoms with Crippen LogP contribution in [0.2, 0.25) is 0 Å². The van der Waals surface area contributed by atoms with Crippen LogP contribution in [0.4, 0.5) is 0 Å². The number of nitrogens with two attached hydrogens (primary N) is 1. The summed E-state index contributed by atoms with van der Waals surface area (Å²) in [6.45, 7) is 12.2. The molecular formula is C12H24N2OS. The summed E-state index contributed by atoms with van der Waals surface area (Å²) in [7, 11) is 0. The average molecular weight is 244 g/mol. The number of rotatable bonds is 4. The Balaban J connectivity index is 4.48. The summed E-state index contributed by atoms with van der Waals surface area (Å²) in [5.41, 5.74) is 5.38. The zero-order valence-electron chi connectivity index (χ0n) is 11.2. The zero-order chi connectivity index (χ0) is 13.1. The molecule has 0 saturated heterocycles. The van der Waals surface area contributed by atoms with Crippen molar-refractivity contribution in [2.24, 2.45) is 17.1 Å². The average Bonchev–Trinajstić information content (AvgIpc) is 1.96. The van der Waals surface area contributed by atoms with Gasteiger partial charge < -0.3 is 11.1 Å². The van der Waals surface area contributed by atoms with Gasteiger partial charge in [0.15, 0.2) is 0 Å². The molecule has 0 rings (SSSR count). The fraction of sp³-hybridized carbons (Fsp3) is 0.833. The van der Waals surface area contributed by atoms with Gasteiger partial charge >= 0.3 is 0 Å². The van der Waals surface area contributed by atoms with Gasteiger partial charge in [0.25, 0.3) is 0 Å². The van der Waals surface area contributed by atoms with Crippen LogP contribution in [-0.4, -0.2) is 16.4 Å². The second-order valence-corrected chi connectivity index (χ2v) is 6.71. The van der Waals surface area contributed by atoms with Crippen molar-refractivity contribution in [1.29, 1.82) is 0 Å². The van der Waals surface area contributed by atoms with Crippen LogP contribution < -0.4 is 11.1 Å². The molecule has 4 heteroatoms. The van der Waals surface area contributed by atoms with E-state index in [0.29, 0.717) is 0 Å². The van der Waals surface area contributed by atoms with Crippen LogP contribution in [0, 0.1) is 11.3 Å². The first kappa shape index (κ1) is 15.4. The van der Waals surface area contributed by atoms with Gasteiger partial charge in [0.1, 0.15) is 0 Å². The molecule has 1 amide bonds. The van der Waals surface area contributed by atoms with E-state index in [2.05, 4.69) is 26.1 Å². The minimum atomic E-state index is -0.408. The summed E-state index contributed by atoms with van der Waals surface area (Å²) in [5.74, 6) is -0.504. The van der Waals surface area contributed by atoms with Gasteiger partial charge in [-0.15, -0.1) is 0 Å². The zero-order valence-corrected chi connectivity index (χ0v) is 12.0. The summed E-state index contributed by atoms with van der Waals surface area (Å²) in [6.07, 6.45) is 0.899. The second kappa shape index (κ2) is 5.13. The van der Waals surface area contributed by atoms with Crippen LogP contribution in [-0.2, 0) is 4.79 Å². The lowest BCUT2D eigenvalue weighted by Crippen LogP contribution is -2.49. The largest absolute Gasteiger partial charge is 0.393 e. The molecule has 0 aromatic heterocycles. The minimum absolute atomic E-state index is 0.0956. The number of hydrogen-bond donors (Lipinski definition) is 2. The second-order valence-electron chi connectivity index (χ2n) is 6.23. The summed E-state index contributed by atoms with van der Waals surface area (Å²) in [4.78, 5) is 12.0. The molecule has 1 unspecified atom stereocenters. The smallest absolute Gasteiger partial charge is 0.230 e. The van der Waals surface area contributed by atoms with E-state index >= 15 is 0 Å². The normalized spacial score (nSPS) is 14.4. The molecule has 0 aromatic rings. The number of amides is 1. The minimum Gasteiger partial charge on any atom is -0.393 e. The lowest BCUT2D eigenvalue weighted by atomic mass is 9.81. The fourth-order valence-electron chi connectivity index (χ4n) is 1.94. The standard InChI is InChI=1S/C12H24N2OS/c1-8(9(13)16)10(15)14-12(5,6)7-11(2,3)4/h8H,7H2,1-6H3,(H2,13,16)(H,14,15). The first-order chi connectivity index (χ1) is 6.94. The van der Waals surface area contributed by atoms with Crippen LogP contribution in [0.5, 0.6) is 0 Å². The van der Waals surface area contributed by atoms with Crippen molar-refractivity contribution < 1.29 is 4.79 Å². The Hall–Kier alpha value is -0.640. The third-order valence-corrected chi connectivity index (χ3v) is 2.61. The van der Waals surface area contributed by atoms with Crippen LogP contribution in [0.1, 0.15) is 48.0 Å². The molecule has 0 radical (unpaired) electrons. The van der Waals surface area contributed by atoms with Crippen molar-refractivity contribution in [2.45, 2.75) is 53.5 Å². The number of hydrogen-bond acceptors (Lipinski definition) is 2. The van der Waals surface area contributed by atoms with Gasteiger partial charge in [0, 0.05) is 5.54 Å². The van der Waals surface area contributed by atoms with Crippen molar-refractivity contribution in [1.82, 2.24) is 5.32 Å². The molecule has 0 bridgehead atoms. The number of thiocarbonyl (C=S) groups is 1. The molecule has 16 heavy (non-hydrogen) atoms. The van der Waals surface area contributed by atoms with Crippen LogP contribution in [0.3, 0.4) is 0 Å². The molecule has 0 saturated carbocycles. The molecule has 0 spiro atoms. The van der Waals surface area contributed by atoms with Crippen molar-refractivity contribution in [3.05, 3.63) is 0 Å². The fourth-order valence-corrected chi connectivity index (χ4v) is 2.05. The van der Waals surface area contributed by atoms with Crippen LogP contribution >= 0.6 is 12.2 Å². The Labute approximate surface area is 104 Å². The molecule has 94 valence electrons.